The van der Waals surface area contributed by atoms with E-state index in [2.05, 4.69) is 15.2 Å². The predicted molar refractivity (Wildman–Crippen MR) is 51.7 cm³/mol. The molecule has 3 N–H and O–H groups in total. The number of carbonyl (C=O) groups is 1. The fraction of sp³-hybridized carbons (Fsp3) is 0.667. The molecule has 1 heterocycles. The van der Waals surface area contributed by atoms with Gasteiger partial charge in [-0.1, -0.05) is 0 Å². The number of hydrazone groups is 1. The molecule has 0 aromatic rings. The van der Waals surface area contributed by atoms with Crippen LogP contribution in [-0.2, 0) is 11.3 Å². The summed E-state index contributed by atoms with van der Waals surface area (Å²) in [7, 11) is 0. The van der Waals surface area contributed by atoms with E-state index in [1.165, 1.54) is 4.90 Å². The maximum atomic E-state index is 11.2. The zero-order chi connectivity index (χ0) is 10.7. The summed E-state index contributed by atoms with van der Waals surface area (Å²) in [5, 5.41) is 3.73. The molecule has 80 valence electrons. The van der Waals surface area contributed by atoms with E-state index in [0.29, 0.717) is 6.54 Å². The molecule has 0 saturated heterocycles. The summed E-state index contributed by atoms with van der Waals surface area (Å²) >= 11 is -2.14. The number of nitrogens with zero attached hydrogens (tertiary/aromatic N) is 2. The van der Waals surface area contributed by atoms with Gasteiger partial charge in [-0.25, -0.2) is 14.4 Å². The average Bonchev–Trinajstić information content (AvgIpc) is 2.08. The van der Waals surface area contributed by atoms with Gasteiger partial charge in [-0.05, 0) is 13.8 Å². The lowest BCUT2D eigenvalue weighted by molar-refractivity contribution is 0.181. The molecule has 0 aliphatic carbocycles. The molecule has 14 heavy (non-hydrogen) atoms. The van der Waals surface area contributed by atoms with Gasteiger partial charge < -0.3 is 4.90 Å². The standard InChI is InChI=1S/C6H12N4O3S/c1-4-3-10(6(11)8-7-4)5(2)9-14(12)13/h5,9H,3H2,1-2H3,(H,8,11)(H,12,13). The SMILES string of the molecule is CC1=NNC(=O)N(C(C)NS(=O)O)C1. The molecule has 2 amide bonds. The minimum absolute atomic E-state index is 0.344. The Hall–Kier alpha value is -0.990. The molecule has 0 aromatic heterocycles. The summed E-state index contributed by atoms with van der Waals surface area (Å²) in [6.07, 6.45) is -0.522. The van der Waals surface area contributed by atoms with Gasteiger partial charge in [-0.15, -0.1) is 0 Å². The van der Waals surface area contributed by atoms with Crippen molar-refractivity contribution in [3.05, 3.63) is 0 Å². The number of rotatable bonds is 3. The normalized spacial score (nSPS) is 21.2. The van der Waals surface area contributed by atoms with Gasteiger partial charge in [0.05, 0.1) is 18.4 Å². The molecule has 2 unspecified atom stereocenters. The highest BCUT2D eigenvalue weighted by atomic mass is 32.2. The highest BCUT2D eigenvalue weighted by molar-refractivity contribution is 7.77. The van der Waals surface area contributed by atoms with Crippen LogP contribution in [0.5, 0.6) is 0 Å². The third-order valence-electron chi connectivity index (χ3n) is 1.74. The van der Waals surface area contributed by atoms with Crippen molar-refractivity contribution in [3.63, 3.8) is 0 Å². The molecular formula is C6H12N4O3S. The van der Waals surface area contributed by atoms with E-state index in [1.54, 1.807) is 13.8 Å². The van der Waals surface area contributed by atoms with E-state index < -0.39 is 17.4 Å². The van der Waals surface area contributed by atoms with E-state index in [0.717, 1.165) is 5.71 Å². The van der Waals surface area contributed by atoms with Crippen LogP contribution in [0, 0.1) is 0 Å². The summed E-state index contributed by atoms with van der Waals surface area (Å²) in [6.45, 7) is 3.72. The highest BCUT2D eigenvalue weighted by Gasteiger charge is 2.24. The number of carbonyl (C=O) groups excluding carboxylic acids is 1. The molecule has 2 atom stereocenters. The molecule has 0 radical (unpaired) electrons. The van der Waals surface area contributed by atoms with Crippen LogP contribution in [0.3, 0.4) is 0 Å². The van der Waals surface area contributed by atoms with Crippen LogP contribution in [0.2, 0.25) is 0 Å². The van der Waals surface area contributed by atoms with Crippen LogP contribution in [-0.4, -0.2) is 38.1 Å². The number of amides is 2. The Morgan fingerprint density at radius 2 is 2.43 bits per heavy atom. The van der Waals surface area contributed by atoms with Gasteiger partial charge in [0.1, 0.15) is 0 Å². The highest BCUT2D eigenvalue weighted by Crippen LogP contribution is 2.02. The van der Waals surface area contributed by atoms with Crippen molar-refractivity contribution < 1.29 is 13.6 Å². The Labute approximate surface area is 84.0 Å². The Kier molecular flexibility index (Phi) is 3.55. The van der Waals surface area contributed by atoms with Gasteiger partial charge in [0, 0.05) is 0 Å². The van der Waals surface area contributed by atoms with Gasteiger partial charge in [0.15, 0.2) is 0 Å². The first-order valence-corrected chi connectivity index (χ1v) is 5.08. The lowest BCUT2D eigenvalue weighted by atomic mass is 10.3. The van der Waals surface area contributed by atoms with Gasteiger partial charge in [0.2, 0.25) is 11.3 Å². The van der Waals surface area contributed by atoms with E-state index in [9.17, 15) is 9.00 Å². The molecule has 0 aromatic carbocycles. The summed E-state index contributed by atoms with van der Waals surface area (Å²) in [6, 6.07) is -0.388. The zero-order valence-corrected chi connectivity index (χ0v) is 8.67. The number of hydrogen-bond donors (Lipinski definition) is 3. The first-order valence-electron chi connectivity index (χ1n) is 3.97. The van der Waals surface area contributed by atoms with Crippen LogP contribution in [0.4, 0.5) is 4.79 Å². The molecule has 0 fully saturated rings. The van der Waals surface area contributed by atoms with Gasteiger partial charge in [-0.3, -0.25) is 4.55 Å². The van der Waals surface area contributed by atoms with Crippen molar-refractivity contribution >= 4 is 23.0 Å². The van der Waals surface area contributed by atoms with E-state index >= 15 is 0 Å². The Morgan fingerprint density at radius 1 is 1.79 bits per heavy atom. The Bertz CT molecular complexity index is 293. The zero-order valence-electron chi connectivity index (χ0n) is 7.85. The number of urea groups is 1. The van der Waals surface area contributed by atoms with E-state index in [4.69, 9.17) is 4.55 Å². The molecule has 0 saturated carbocycles. The van der Waals surface area contributed by atoms with Crippen LogP contribution < -0.4 is 10.1 Å². The quantitative estimate of drug-likeness (QED) is 0.557. The molecule has 8 heteroatoms. The fourth-order valence-corrected chi connectivity index (χ4v) is 1.50. The first-order chi connectivity index (χ1) is 6.50. The van der Waals surface area contributed by atoms with Crippen molar-refractivity contribution in [2.45, 2.75) is 20.0 Å². The summed E-state index contributed by atoms with van der Waals surface area (Å²) in [5.74, 6) is 0. The maximum absolute atomic E-state index is 11.2. The summed E-state index contributed by atoms with van der Waals surface area (Å²) < 4.78 is 21.3. The monoisotopic (exact) mass is 220 g/mol. The lowest BCUT2D eigenvalue weighted by Crippen LogP contribution is -2.54. The van der Waals surface area contributed by atoms with Crippen molar-refractivity contribution in [3.8, 4) is 0 Å². The van der Waals surface area contributed by atoms with Crippen LogP contribution in [0.25, 0.3) is 0 Å². The summed E-state index contributed by atoms with van der Waals surface area (Å²) in [5.41, 5.74) is 3.03. The lowest BCUT2D eigenvalue weighted by Gasteiger charge is -2.30. The topological polar surface area (TPSA) is 94.0 Å². The molecular weight excluding hydrogens is 208 g/mol. The van der Waals surface area contributed by atoms with Gasteiger partial charge in [-0.2, -0.15) is 9.82 Å². The minimum Gasteiger partial charge on any atom is -0.302 e. The molecule has 7 nitrogen and oxygen atoms in total. The Morgan fingerprint density at radius 3 is 3.00 bits per heavy atom. The van der Waals surface area contributed by atoms with Gasteiger partial charge in [0.25, 0.3) is 0 Å². The Balaban J connectivity index is 2.63. The van der Waals surface area contributed by atoms with Crippen LogP contribution >= 0.6 is 0 Å². The van der Waals surface area contributed by atoms with Gasteiger partial charge >= 0.3 is 6.03 Å². The van der Waals surface area contributed by atoms with E-state index in [-0.39, 0.29) is 6.03 Å². The van der Waals surface area contributed by atoms with Crippen LogP contribution in [0.15, 0.2) is 5.10 Å². The third-order valence-corrected chi connectivity index (χ3v) is 2.28. The second-order valence-electron chi connectivity index (χ2n) is 2.93. The average molecular weight is 220 g/mol. The van der Waals surface area contributed by atoms with E-state index in [1.807, 2.05) is 0 Å². The van der Waals surface area contributed by atoms with Crippen LogP contribution in [0.1, 0.15) is 13.8 Å². The predicted octanol–water partition coefficient (Wildman–Crippen LogP) is -0.540. The second kappa shape index (κ2) is 4.49. The number of nitrogens with one attached hydrogen (secondary N) is 2. The van der Waals surface area contributed by atoms with Crippen molar-refractivity contribution in [2.24, 2.45) is 5.10 Å². The largest absolute Gasteiger partial charge is 0.339 e. The summed E-state index contributed by atoms with van der Waals surface area (Å²) in [4.78, 5) is 12.6. The number of hydrogen-bond acceptors (Lipinski definition) is 3. The minimum atomic E-state index is -2.14. The van der Waals surface area contributed by atoms with Crippen molar-refractivity contribution in [1.29, 1.82) is 0 Å². The molecule has 0 bridgehead atoms. The first kappa shape index (κ1) is 11.1. The smallest absolute Gasteiger partial charge is 0.302 e. The third kappa shape index (κ3) is 2.76. The molecule has 1 aliphatic rings. The maximum Gasteiger partial charge on any atom is 0.339 e. The molecule has 1 aliphatic heterocycles. The second-order valence-corrected chi connectivity index (χ2v) is 3.67. The molecule has 1 rings (SSSR count). The van der Waals surface area contributed by atoms with Crippen molar-refractivity contribution in [2.75, 3.05) is 6.54 Å². The fourth-order valence-electron chi connectivity index (χ4n) is 1.08. The molecule has 0 spiro atoms. The van der Waals surface area contributed by atoms with Crippen molar-refractivity contribution in [1.82, 2.24) is 15.0 Å².